The second-order valence-corrected chi connectivity index (χ2v) is 7.65. The van der Waals surface area contributed by atoms with Crippen molar-refractivity contribution in [2.45, 2.75) is 24.8 Å². The van der Waals surface area contributed by atoms with E-state index in [1.807, 2.05) is 17.0 Å². The molecule has 0 spiro atoms. The molecule has 0 aliphatic carbocycles. The van der Waals surface area contributed by atoms with E-state index in [-0.39, 0.29) is 5.91 Å². The number of nitrogens with one attached hydrogen (secondary N) is 2. The van der Waals surface area contributed by atoms with Gasteiger partial charge in [0.2, 0.25) is 5.88 Å². The lowest BCUT2D eigenvalue weighted by Gasteiger charge is -2.36. The third-order valence-electron chi connectivity index (χ3n) is 6.07. The van der Waals surface area contributed by atoms with E-state index in [0.717, 1.165) is 38.2 Å². The van der Waals surface area contributed by atoms with Crippen molar-refractivity contribution in [2.75, 3.05) is 33.9 Å². The lowest BCUT2D eigenvalue weighted by Crippen LogP contribution is -2.45. The predicted octanol–water partition coefficient (Wildman–Crippen LogP) is 2.21. The van der Waals surface area contributed by atoms with Crippen LogP contribution in [0.4, 0.5) is 0 Å². The Morgan fingerprint density at radius 3 is 2.72 bits per heavy atom. The number of hydrogen-bond donors (Lipinski definition) is 2. The van der Waals surface area contributed by atoms with Gasteiger partial charge in [-0.2, -0.15) is 0 Å². The van der Waals surface area contributed by atoms with Crippen LogP contribution in [-0.4, -0.2) is 55.7 Å². The fourth-order valence-corrected chi connectivity index (χ4v) is 4.46. The molecule has 2 N–H and O–H groups in total. The molecule has 2 aromatic rings. The first-order valence-electron chi connectivity index (χ1n) is 10.1. The standard InChI is InChI=1S/C22H28N4O3/c1-28-18-5-3-4-16(12-18)19-14-24-25-21(19)15-7-10-26(11-8-15)22(27)17-6-9-23-20(13-17)29-2/h3-6,9,12-13,15,19,21,24-25H,7-8,10-11,14H2,1-2H3. The van der Waals surface area contributed by atoms with E-state index in [1.54, 1.807) is 32.5 Å². The minimum Gasteiger partial charge on any atom is -0.497 e. The van der Waals surface area contributed by atoms with Crippen molar-refractivity contribution in [3.05, 3.63) is 53.7 Å². The van der Waals surface area contributed by atoms with Gasteiger partial charge in [-0.15, -0.1) is 0 Å². The Bertz CT molecular complexity index is 851. The quantitative estimate of drug-likeness (QED) is 0.807. The van der Waals surface area contributed by atoms with Gasteiger partial charge in [-0.1, -0.05) is 12.1 Å². The van der Waals surface area contributed by atoms with Gasteiger partial charge in [-0.25, -0.2) is 4.98 Å². The van der Waals surface area contributed by atoms with Crippen LogP contribution in [-0.2, 0) is 0 Å². The summed E-state index contributed by atoms with van der Waals surface area (Å²) in [5.74, 6) is 2.31. The summed E-state index contributed by atoms with van der Waals surface area (Å²) in [6.07, 6.45) is 3.58. The highest BCUT2D eigenvalue weighted by Gasteiger charge is 2.37. The lowest BCUT2D eigenvalue weighted by molar-refractivity contribution is 0.0669. The van der Waals surface area contributed by atoms with E-state index in [1.165, 1.54) is 5.56 Å². The zero-order valence-corrected chi connectivity index (χ0v) is 16.9. The molecule has 2 aliphatic heterocycles. The third kappa shape index (κ3) is 4.21. The molecule has 2 saturated heterocycles. The summed E-state index contributed by atoms with van der Waals surface area (Å²) in [4.78, 5) is 18.9. The van der Waals surface area contributed by atoms with Gasteiger partial charge in [0.1, 0.15) is 5.75 Å². The van der Waals surface area contributed by atoms with E-state index in [0.29, 0.717) is 29.3 Å². The van der Waals surface area contributed by atoms with Crippen molar-refractivity contribution < 1.29 is 14.3 Å². The zero-order chi connectivity index (χ0) is 20.2. The summed E-state index contributed by atoms with van der Waals surface area (Å²) < 4.78 is 10.5. The minimum atomic E-state index is 0.0472. The van der Waals surface area contributed by atoms with E-state index >= 15 is 0 Å². The molecular formula is C22H28N4O3. The molecule has 154 valence electrons. The van der Waals surface area contributed by atoms with Crippen molar-refractivity contribution >= 4 is 5.91 Å². The fraction of sp³-hybridized carbons (Fsp3) is 0.455. The number of amides is 1. The van der Waals surface area contributed by atoms with Gasteiger partial charge in [-0.3, -0.25) is 15.6 Å². The molecule has 7 nitrogen and oxygen atoms in total. The lowest BCUT2D eigenvalue weighted by atomic mass is 9.80. The second-order valence-electron chi connectivity index (χ2n) is 7.65. The normalized spacial score (nSPS) is 22.5. The van der Waals surface area contributed by atoms with Gasteiger partial charge in [0.05, 0.1) is 14.2 Å². The molecule has 3 heterocycles. The molecule has 0 radical (unpaired) electrons. The molecule has 1 amide bonds. The summed E-state index contributed by atoms with van der Waals surface area (Å²) in [5, 5.41) is 0. The minimum absolute atomic E-state index is 0.0472. The van der Waals surface area contributed by atoms with Gasteiger partial charge >= 0.3 is 0 Å². The number of carbonyl (C=O) groups excluding carboxylic acids is 1. The first kappa shape index (κ1) is 19.7. The van der Waals surface area contributed by atoms with Crippen LogP contribution in [0.3, 0.4) is 0 Å². The molecule has 2 aliphatic rings. The van der Waals surface area contributed by atoms with Crippen molar-refractivity contribution in [2.24, 2.45) is 5.92 Å². The van der Waals surface area contributed by atoms with Crippen molar-refractivity contribution in [1.82, 2.24) is 20.7 Å². The van der Waals surface area contributed by atoms with Gasteiger partial charge in [0, 0.05) is 49.4 Å². The number of ether oxygens (including phenoxy) is 2. The predicted molar refractivity (Wildman–Crippen MR) is 110 cm³/mol. The maximum atomic E-state index is 12.9. The number of hydrogen-bond acceptors (Lipinski definition) is 6. The van der Waals surface area contributed by atoms with Crippen molar-refractivity contribution in [1.29, 1.82) is 0 Å². The van der Waals surface area contributed by atoms with Gasteiger partial charge in [-0.05, 0) is 42.5 Å². The molecule has 7 heteroatoms. The average Bonchev–Trinajstić information content (AvgIpc) is 3.29. The number of piperidine rings is 1. The van der Waals surface area contributed by atoms with Crippen LogP contribution in [0.1, 0.15) is 34.7 Å². The summed E-state index contributed by atoms with van der Waals surface area (Å²) in [5.41, 5.74) is 8.74. The van der Waals surface area contributed by atoms with E-state index in [4.69, 9.17) is 9.47 Å². The number of pyridine rings is 1. The van der Waals surface area contributed by atoms with Crippen LogP contribution in [0.2, 0.25) is 0 Å². The van der Waals surface area contributed by atoms with E-state index in [2.05, 4.69) is 28.0 Å². The highest BCUT2D eigenvalue weighted by Crippen LogP contribution is 2.33. The Hall–Kier alpha value is -2.64. The SMILES string of the molecule is COc1cccc(C2CNNC2C2CCN(C(=O)c3ccnc(OC)c3)CC2)c1. The van der Waals surface area contributed by atoms with Crippen molar-refractivity contribution in [3.8, 4) is 11.6 Å². The number of hydrazine groups is 1. The Morgan fingerprint density at radius 1 is 1.14 bits per heavy atom. The molecule has 2 atom stereocenters. The number of rotatable bonds is 5. The topological polar surface area (TPSA) is 75.7 Å². The smallest absolute Gasteiger partial charge is 0.254 e. The molecule has 0 bridgehead atoms. The third-order valence-corrected chi connectivity index (χ3v) is 6.07. The monoisotopic (exact) mass is 396 g/mol. The number of benzene rings is 1. The number of aromatic nitrogens is 1. The van der Waals surface area contributed by atoms with Crippen molar-refractivity contribution in [3.63, 3.8) is 0 Å². The van der Waals surface area contributed by atoms with E-state index in [9.17, 15) is 4.79 Å². The Morgan fingerprint density at radius 2 is 1.97 bits per heavy atom. The average molecular weight is 396 g/mol. The van der Waals surface area contributed by atoms with Crippen LogP contribution in [0.15, 0.2) is 42.6 Å². The highest BCUT2D eigenvalue weighted by atomic mass is 16.5. The fourth-order valence-electron chi connectivity index (χ4n) is 4.46. The first-order chi connectivity index (χ1) is 14.2. The maximum absolute atomic E-state index is 12.9. The molecule has 29 heavy (non-hydrogen) atoms. The molecule has 2 unspecified atom stereocenters. The summed E-state index contributed by atoms with van der Waals surface area (Å²) in [7, 11) is 3.26. The number of carbonyl (C=O) groups is 1. The molecule has 2 fully saturated rings. The summed E-state index contributed by atoms with van der Waals surface area (Å²) in [6.45, 7) is 2.42. The molecule has 4 rings (SSSR count). The largest absolute Gasteiger partial charge is 0.497 e. The van der Waals surface area contributed by atoms with Gasteiger partial charge in [0.25, 0.3) is 5.91 Å². The Balaban J connectivity index is 1.40. The molecule has 1 aromatic carbocycles. The molecule has 1 aromatic heterocycles. The van der Waals surface area contributed by atoms with Gasteiger partial charge < -0.3 is 14.4 Å². The number of likely N-dealkylation sites (tertiary alicyclic amines) is 1. The van der Waals surface area contributed by atoms with E-state index < -0.39 is 0 Å². The van der Waals surface area contributed by atoms with Crippen LogP contribution in [0.25, 0.3) is 0 Å². The summed E-state index contributed by atoms with van der Waals surface area (Å²) in [6, 6.07) is 12.1. The van der Waals surface area contributed by atoms with Crippen LogP contribution in [0, 0.1) is 5.92 Å². The molecule has 0 saturated carbocycles. The van der Waals surface area contributed by atoms with Crippen LogP contribution in [0.5, 0.6) is 11.6 Å². The summed E-state index contributed by atoms with van der Waals surface area (Å²) >= 11 is 0. The number of methoxy groups -OCH3 is 2. The maximum Gasteiger partial charge on any atom is 0.254 e. The first-order valence-corrected chi connectivity index (χ1v) is 10.1. The number of nitrogens with zero attached hydrogens (tertiary/aromatic N) is 2. The Kier molecular flexibility index (Phi) is 5.97. The second kappa shape index (κ2) is 8.80. The highest BCUT2D eigenvalue weighted by molar-refractivity contribution is 5.94. The zero-order valence-electron chi connectivity index (χ0n) is 16.9. The Labute approximate surface area is 171 Å². The van der Waals surface area contributed by atoms with Crippen LogP contribution < -0.4 is 20.3 Å². The molecular weight excluding hydrogens is 368 g/mol. The van der Waals surface area contributed by atoms with Crippen LogP contribution >= 0.6 is 0 Å². The van der Waals surface area contributed by atoms with Gasteiger partial charge in [0.15, 0.2) is 0 Å².